The number of benzene rings is 2. The summed E-state index contributed by atoms with van der Waals surface area (Å²) in [6, 6.07) is 10.8. The number of amides is 1. The van der Waals surface area contributed by atoms with Crippen LogP contribution in [0.1, 0.15) is 65.4 Å². The molecule has 3 unspecified atom stereocenters. The van der Waals surface area contributed by atoms with Crippen molar-refractivity contribution in [2.45, 2.75) is 83.6 Å². The van der Waals surface area contributed by atoms with E-state index in [9.17, 15) is 36.7 Å². The third kappa shape index (κ3) is 13.3. The molecule has 2 aliphatic carbocycles. The Kier molecular flexibility index (Phi) is 16.9. The van der Waals surface area contributed by atoms with Crippen LogP contribution in [-0.4, -0.2) is 73.4 Å². The lowest BCUT2D eigenvalue weighted by molar-refractivity contribution is -0.137. The van der Waals surface area contributed by atoms with E-state index in [1.807, 2.05) is 64.2 Å². The van der Waals surface area contributed by atoms with Crippen LogP contribution in [0.3, 0.4) is 0 Å². The Morgan fingerprint density at radius 1 is 1.07 bits per heavy atom. The van der Waals surface area contributed by atoms with E-state index in [4.69, 9.17) is 4.79 Å². The van der Waals surface area contributed by atoms with Gasteiger partial charge in [0.1, 0.15) is 25.2 Å². The van der Waals surface area contributed by atoms with Gasteiger partial charge in [0, 0.05) is 41.3 Å². The number of hydrogen-bond donors (Lipinski definition) is 4. The van der Waals surface area contributed by atoms with Crippen LogP contribution < -0.4 is 21.5 Å². The summed E-state index contributed by atoms with van der Waals surface area (Å²) in [5, 5.41) is 10.6. The van der Waals surface area contributed by atoms with Gasteiger partial charge >= 0.3 is 6.18 Å². The molecule has 2 heterocycles. The minimum Gasteiger partial charge on any atom is -0.390 e. The van der Waals surface area contributed by atoms with Crippen LogP contribution >= 0.6 is 0 Å². The van der Waals surface area contributed by atoms with Crippen molar-refractivity contribution in [3.8, 4) is 0 Å². The zero-order valence-electron chi connectivity index (χ0n) is 33.0. The number of aldehydes is 2. The van der Waals surface area contributed by atoms with Crippen molar-refractivity contribution in [1.82, 2.24) is 20.5 Å². The van der Waals surface area contributed by atoms with Gasteiger partial charge in [-0.3, -0.25) is 14.5 Å². The van der Waals surface area contributed by atoms with Crippen molar-refractivity contribution in [1.29, 1.82) is 0 Å². The number of nitrogens with zero attached hydrogens (tertiary/aromatic N) is 1. The number of aromatic amines is 1. The van der Waals surface area contributed by atoms with Crippen molar-refractivity contribution >= 4 is 41.7 Å². The summed E-state index contributed by atoms with van der Waals surface area (Å²) in [4.78, 5) is 57.0. The van der Waals surface area contributed by atoms with Gasteiger partial charge in [-0.2, -0.15) is 13.2 Å². The largest absolute Gasteiger partial charge is 0.416 e. The molecule has 0 spiro atoms. The lowest BCUT2D eigenvalue weighted by Gasteiger charge is -2.27. The quantitative estimate of drug-likeness (QED) is 0.103. The second kappa shape index (κ2) is 20.2. The van der Waals surface area contributed by atoms with Gasteiger partial charge in [-0.1, -0.05) is 58.5 Å². The van der Waals surface area contributed by atoms with Gasteiger partial charge in [0.25, 0.3) is 5.56 Å². The zero-order chi connectivity index (χ0) is 42.5. The first-order chi connectivity index (χ1) is 26.2. The van der Waals surface area contributed by atoms with Crippen LogP contribution in [0.25, 0.3) is 10.8 Å². The maximum atomic E-state index is 13.2. The number of nitrogens with one attached hydrogen (secondary N) is 4. The minimum atomic E-state index is -4.63. The molecule has 3 fully saturated rings. The number of halogens is 4. The SMILES string of the molecule is C=CC1CC1(NC(=O)C1CCCN1C)C(=C)NC.C=O.CC(C)(C)[C@@H](C=O)Nc1cc(F)cc(C(F)(F)F)c1.CC1(C=O)CC1.O=c1[nH]ccc2ccccc12. The summed E-state index contributed by atoms with van der Waals surface area (Å²) in [5.41, 5.74) is -0.999. The highest BCUT2D eigenvalue weighted by Crippen LogP contribution is 2.48. The fourth-order valence-electron chi connectivity index (χ4n) is 5.83. The number of alkyl halides is 3. The first-order valence-corrected chi connectivity index (χ1v) is 18.2. The van der Waals surface area contributed by atoms with E-state index in [0.717, 1.165) is 73.5 Å². The van der Waals surface area contributed by atoms with E-state index >= 15 is 0 Å². The summed E-state index contributed by atoms with van der Waals surface area (Å²) in [5.74, 6) is -0.584. The first kappa shape index (κ1) is 47.0. The van der Waals surface area contributed by atoms with Gasteiger partial charge < -0.3 is 35.3 Å². The number of pyridine rings is 1. The third-order valence-corrected chi connectivity index (χ3v) is 9.93. The molecule has 1 aromatic heterocycles. The first-order valence-electron chi connectivity index (χ1n) is 18.2. The Morgan fingerprint density at radius 2 is 1.71 bits per heavy atom. The number of fused-ring (bicyclic) bond motifs is 1. The Balaban J connectivity index is 0.000000270. The number of carbonyl (C=O) groups is 4. The second-order valence-corrected chi connectivity index (χ2v) is 15.4. The third-order valence-electron chi connectivity index (χ3n) is 9.93. The Labute approximate surface area is 326 Å². The van der Waals surface area contributed by atoms with Crippen LogP contribution in [0.4, 0.5) is 23.2 Å². The Hall–Kier alpha value is -5.11. The molecule has 56 heavy (non-hydrogen) atoms. The number of carbonyl (C=O) groups excluding carboxylic acids is 4. The van der Waals surface area contributed by atoms with E-state index in [2.05, 4.69) is 39.0 Å². The molecular formula is C42H55F4N5O5. The molecular weight excluding hydrogens is 730 g/mol. The summed E-state index contributed by atoms with van der Waals surface area (Å²) in [6.45, 7) is 18.1. The molecule has 3 aromatic rings. The van der Waals surface area contributed by atoms with Crippen molar-refractivity contribution < 1.29 is 36.7 Å². The topological polar surface area (TPSA) is 140 Å². The van der Waals surface area contributed by atoms with Crippen LogP contribution in [-0.2, 0) is 25.4 Å². The van der Waals surface area contributed by atoms with E-state index in [1.165, 1.54) is 0 Å². The highest BCUT2D eigenvalue weighted by atomic mass is 19.4. The molecule has 0 bridgehead atoms. The average molecular weight is 786 g/mol. The molecule has 10 nitrogen and oxygen atoms in total. The minimum absolute atomic E-state index is 0.0117. The normalized spacial score (nSPS) is 20.9. The molecule has 2 aromatic carbocycles. The average Bonchev–Trinajstić information content (AvgIpc) is 4.04. The van der Waals surface area contributed by atoms with Gasteiger partial charge in [0.15, 0.2) is 0 Å². The van der Waals surface area contributed by atoms with Gasteiger partial charge in [-0.25, -0.2) is 4.39 Å². The van der Waals surface area contributed by atoms with Gasteiger partial charge in [-0.05, 0) is 86.8 Å². The van der Waals surface area contributed by atoms with Gasteiger partial charge in [0.2, 0.25) is 5.91 Å². The highest BCUT2D eigenvalue weighted by Gasteiger charge is 2.56. The summed E-state index contributed by atoms with van der Waals surface area (Å²) in [6.07, 6.45) is 5.74. The van der Waals surface area contributed by atoms with Crippen molar-refractivity contribution in [2.75, 3.05) is 26.0 Å². The predicted molar refractivity (Wildman–Crippen MR) is 212 cm³/mol. The number of likely N-dealkylation sites (N-methyl/N-ethyl adjacent to an activating group) is 2. The number of H-pyrrole nitrogens is 1. The van der Waals surface area contributed by atoms with Crippen LogP contribution in [0, 0.1) is 22.6 Å². The van der Waals surface area contributed by atoms with E-state index in [-0.39, 0.29) is 34.1 Å². The molecule has 3 aliphatic rings. The predicted octanol–water partition coefficient (Wildman–Crippen LogP) is 7.07. The monoisotopic (exact) mass is 785 g/mol. The lowest BCUT2D eigenvalue weighted by atomic mass is 9.87. The summed E-state index contributed by atoms with van der Waals surface area (Å²) < 4.78 is 50.8. The molecule has 4 atom stereocenters. The number of likely N-dealkylation sites (tertiary alicyclic amines) is 1. The van der Waals surface area contributed by atoms with Crippen molar-refractivity contribution in [3.63, 3.8) is 0 Å². The highest BCUT2D eigenvalue weighted by molar-refractivity contribution is 5.84. The molecule has 6 rings (SSSR count). The van der Waals surface area contributed by atoms with E-state index < -0.39 is 29.0 Å². The van der Waals surface area contributed by atoms with Crippen molar-refractivity contribution in [2.24, 2.45) is 16.7 Å². The lowest BCUT2D eigenvalue weighted by Crippen LogP contribution is -2.50. The number of rotatable bonds is 9. The Bertz CT molecular complexity index is 1860. The van der Waals surface area contributed by atoms with Crippen LogP contribution in [0.15, 0.2) is 84.5 Å². The smallest absolute Gasteiger partial charge is 0.390 e. The standard InChI is InChI=1S/C14H23N3O.C13H15F4NO.C9H7NO.C5H8O.CH2O/c1-5-11-9-14(11,10(2)15-3)16-13(18)12-7-6-8-17(12)4;1-12(2,3)11(7-19)18-10-5-8(13(15,16)17)4-9(14)6-10;11-9-8-4-2-1-3-7(8)5-6-10-9;1-5(4-6)2-3-5;1-2/h5,11-12,15H,1-2,6-9H2,3-4H3,(H,16,18);4-7,11,18H,1-3H3;1-6H,(H,10,11);4H,2-3H2,1H3;1H2/t;11-;;;/m.1.../s1. The Morgan fingerprint density at radius 3 is 2.16 bits per heavy atom. The number of anilines is 1. The van der Waals surface area contributed by atoms with Crippen LogP contribution in [0.2, 0.25) is 0 Å². The number of aromatic nitrogens is 1. The van der Waals surface area contributed by atoms with Crippen molar-refractivity contribution in [3.05, 3.63) is 101 Å². The van der Waals surface area contributed by atoms with Gasteiger partial charge in [-0.15, -0.1) is 6.58 Å². The molecule has 2 saturated carbocycles. The maximum Gasteiger partial charge on any atom is 0.416 e. The van der Waals surface area contributed by atoms with E-state index in [1.54, 1.807) is 27.0 Å². The van der Waals surface area contributed by atoms with Gasteiger partial charge in [0.05, 0.1) is 23.2 Å². The molecule has 4 N–H and O–H groups in total. The molecule has 1 aliphatic heterocycles. The molecule has 306 valence electrons. The fourth-order valence-corrected chi connectivity index (χ4v) is 5.83. The maximum absolute atomic E-state index is 13.2. The fraction of sp³-hybridized carbons (Fsp3) is 0.452. The second-order valence-electron chi connectivity index (χ2n) is 15.4. The molecule has 1 amide bonds. The summed E-state index contributed by atoms with van der Waals surface area (Å²) in [7, 11) is 3.85. The zero-order valence-corrected chi connectivity index (χ0v) is 33.0. The summed E-state index contributed by atoms with van der Waals surface area (Å²) >= 11 is 0. The van der Waals surface area contributed by atoms with Crippen LogP contribution in [0.5, 0.6) is 0 Å². The van der Waals surface area contributed by atoms with E-state index in [0.29, 0.717) is 18.3 Å². The molecule has 14 heteroatoms. The number of hydrogen-bond acceptors (Lipinski definition) is 8. The molecule has 0 radical (unpaired) electrons. The molecule has 1 saturated heterocycles.